The van der Waals surface area contributed by atoms with Crippen LogP contribution in [0.4, 0.5) is 39.5 Å². The zero-order valence-electron chi connectivity index (χ0n) is 24.8. The van der Waals surface area contributed by atoms with Crippen LogP contribution in [-0.2, 0) is 35.6 Å². The average molecular weight is 706 g/mol. The maximum absolute atomic E-state index is 14.3. The van der Waals surface area contributed by atoms with Gasteiger partial charge in [0, 0.05) is 58.6 Å². The quantitative estimate of drug-likeness (QED) is 0.116. The lowest BCUT2D eigenvalue weighted by Gasteiger charge is -2.36. The summed E-state index contributed by atoms with van der Waals surface area (Å²) < 4.78 is 163. The van der Waals surface area contributed by atoms with Crippen molar-refractivity contribution >= 4 is 42.2 Å². The lowest BCUT2D eigenvalue weighted by atomic mass is 9.95. The lowest BCUT2D eigenvalue weighted by Crippen LogP contribution is -2.63. The predicted molar refractivity (Wildman–Crippen MR) is 155 cm³/mol. The Morgan fingerprint density at radius 2 is 1.22 bits per heavy atom. The van der Waals surface area contributed by atoms with Gasteiger partial charge in [-0.15, -0.1) is 0 Å². The van der Waals surface area contributed by atoms with E-state index in [1.165, 1.54) is 38.5 Å². The number of halogens is 9. The van der Waals surface area contributed by atoms with Crippen LogP contribution in [0.15, 0.2) is 71.6 Å². The maximum Gasteiger partial charge on any atom is 0.460 e. The number of para-hydroxylation sites is 1. The minimum absolute atomic E-state index is 0.177. The Bertz CT molecular complexity index is 1850. The van der Waals surface area contributed by atoms with E-state index in [0.717, 1.165) is 34.3 Å². The van der Waals surface area contributed by atoms with Crippen molar-refractivity contribution in [3.05, 3.63) is 77.9 Å². The van der Waals surface area contributed by atoms with E-state index in [1.54, 1.807) is 6.07 Å². The van der Waals surface area contributed by atoms with E-state index in [0.29, 0.717) is 17.7 Å². The van der Waals surface area contributed by atoms with E-state index in [1.807, 2.05) is 43.3 Å². The molecule has 0 saturated carbocycles. The summed E-state index contributed by atoms with van der Waals surface area (Å²) in [5, 5.41) is -5.14. The molecule has 0 bridgehead atoms. The molecule has 46 heavy (non-hydrogen) atoms. The highest BCUT2D eigenvalue weighted by Gasteiger charge is 2.86. The van der Waals surface area contributed by atoms with Crippen LogP contribution in [0.1, 0.15) is 18.1 Å². The first-order valence-corrected chi connectivity index (χ1v) is 17.0. The van der Waals surface area contributed by atoms with Crippen molar-refractivity contribution in [1.29, 1.82) is 0 Å². The van der Waals surface area contributed by atoms with Crippen LogP contribution in [0.2, 0.25) is 0 Å². The van der Waals surface area contributed by atoms with Gasteiger partial charge >= 0.3 is 33.4 Å². The number of methoxy groups -OCH3 is 2. The van der Waals surface area contributed by atoms with Crippen molar-refractivity contribution in [3.8, 4) is 0 Å². The first-order valence-electron chi connectivity index (χ1n) is 13.2. The van der Waals surface area contributed by atoms with E-state index in [9.17, 15) is 47.9 Å². The van der Waals surface area contributed by atoms with Crippen molar-refractivity contribution in [3.63, 3.8) is 0 Å². The summed E-state index contributed by atoms with van der Waals surface area (Å²) in [7, 11) is -7.93. The molecule has 0 aliphatic heterocycles. The number of ether oxygens (including phenoxy) is 2. The van der Waals surface area contributed by atoms with E-state index in [2.05, 4.69) is 8.20 Å². The molecule has 0 amide bonds. The highest BCUT2D eigenvalue weighted by molar-refractivity contribution is 8.32. The zero-order valence-corrected chi connectivity index (χ0v) is 26.4. The van der Waals surface area contributed by atoms with Gasteiger partial charge in [-0.05, 0) is 49.8 Å². The minimum atomic E-state index is -7.41. The van der Waals surface area contributed by atoms with Crippen LogP contribution in [0.25, 0.3) is 21.8 Å². The van der Waals surface area contributed by atoms with Gasteiger partial charge in [0.1, 0.15) is 0 Å². The Morgan fingerprint density at radius 1 is 0.696 bits per heavy atom. The molecule has 4 rings (SSSR count). The molecular weight excluding hydrogens is 677 g/mol. The molecule has 0 radical (unpaired) electrons. The first-order chi connectivity index (χ1) is 21.1. The normalized spacial score (nSPS) is 14.7. The molecule has 0 unspecified atom stereocenters. The second kappa shape index (κ2) is 11.6. The van der Waals surface area contributed by atoms with Crippen LogP contribution < -0.4 is 0 Å². The van der Waals surface area contributed by atoms with Crippen molar-refractivity contribution in [1.82, 2.24) is 4.57 Å². The molecule has 6 nitrogen and oxygen atoms in total. The van der Waals surface area contributed by atoms with Crippen molar-refractivity contribution < 1.29 is 61.0 Å². The molecule has 17 heteroatoms. The first kappa shape index (κ1) is 35.9. The fourth-order valence-corrected chi connectivity index (χ4v) is 8.83. The smallest absolute Gasteiger partial charge is 0.346 e. The molecule has 254 valence electrons. The summed E-state index contributed by atoms with van der Waals surface area (Å²) in [4.78, 5) is -0.177. The van der Waals surface area contributed by atoms with Gasteiger partial charge in [-0.1, -0.05) is 46.7 Å². The van der Waals surface area contributed by atoms with Gasteiger partial charge in [-0.3, -0.25) is 0 Å². The van der Waals surface area contributed by atoms with Gasteiger partial charge in [0.2, 0.25) is 5.79 Å². The fourth-order valence-electron chi connectivity index (χ4n) is 5.15. The van der Waals surface area contributed by atoms with E-state index in [4.69, 9.17) is 9.47 Å². The molecule has 0 N–H and O–H groups in total. The lowest BCUT2D eigenvalue weighted by molar-refractivity contribution is -0.382. The highest BCUT2D eigenvalue weighted by atomic mass is 32.3. The summed E-state index contributed by atoms with van der Waals surface area (Å²) in [5.41, 5.74) is 2.75. The third kappa shape index (κ3) is 5.33. The number of hydrogen-bond donors (Lipinski definition) is 0. The Labute approximate surface area is 259 Å². The number of alkyl halides is 9. The summed E-state index contributed by atoms with van der Waals surface area (Å²) in [6.45, 7) is 2.69. The molecule has 0 aliphatic rings. The molecule has 4 aromatic rings. The topological polar surface area (TPSA) is 66.8 Å². The maximum atomic E-state index is 14.3. The Hall–Kier alpha value is -2.99. The van der Waals surface area contributed by atoms with Crippen LogP contribution in [0.3, 0.4) is 0 Å². The SMILES string of the molecule is CCn1c2ccccc2c2cc(C(OC)(OC)c3ccc(S(C)(C)OS(=O)(=O)C(F)(F)C(F)(F)C(F)(F)C(F)(F)F)cc3)ccc21. The molecule has 1 aromatic heterocycles. The monoisotopic (exact) mass is 705 g/mol. The molecule has 1 heterocycles. The standard InChI is InChI=1S/C29H28F9NO5S2/c1-6-39-23-10-8-7-9-21(23)22-17-19(13-16-24(22)39)25(42-2,43-3)18-11-14-20(15-12-18)45(4,5)44-46(40,41)29(37,38)27(32,33)26(30,31)28(34,35)36/h7-17H,6H2,1-5H3. The van der Waals surface area contributed by atoms with Crippen molar-refractivity contribution in [2.24, 2.45) is 0 Å². The Morgan fingerprint density at radius 3 is 1.74 bits per heavy atom. The van der Waals surface area contributed by atoms with E-state index in [-0.39, 0.29) is 4.90 Å². The summed E-state index contributed by atoms with van der Waals surface area (Å²) in [6.07, 6.45) is -5.40. The molecule has 0 atom stereocenters. The number of fused-ring (bicyclic) bond motifs is 3. The summed E-state index contributed by atoms with van der Waals surface area (Å²) >= 11 is 0. The van der Waals surface area contributed by atoms with Gasteiger partial charge in [0.15, 0.2) is 0 Å². The molecule has 3 aromatic carbocycles. The number of rotatable bonds is 11. The number of aromatic nitrogens is 1. The molecule has 0 spiro atoms. The Kier molecular flexibility index (Phi) is 9.05. The number of benzene rings is 3. The third-order valence-corrected chi connectivity index (χ3v) is 11.9. The van der Waals surface area contributed by atoms with Gasteiger partial charge in [0.05, 0.1) is 0 Å². The van der Waals surface area contributed by atoms with Gasteiger partial charge in [0.25, 0.3) is 0 Å². The summed E-state index contributed by atoms with van der Waals surface area (Å²) in [5.74, 6) is -16.4. The number of nitrogens with zero attached hydrogens (tertiary/aromatic N) is 1. The largest absolute Gasteiger partial charge is 0.460 e. The van der Waals surface area contributed by atoms with Crippen LogP contribution in [-0.4, -0.2) is 63.0 Å². The van der Waals surface area contributed by atoms with E-state index >= 15 is 0 Å². The summed E-state index contributed by atoms with van der Waals surface area (Å²) in [6, 6.07) is 18.3. The number of aryl methyl sites for hydroxylation is 1. The third-order valence-electron chi connectivity index (χ3n) is 7.54. The van der Waals surface area contributed by atoms with Gasteiger partial charge in [-0.2, -0.15) is 47.9 Å². The van der Waals surface area contributed by atoms with Gasteiger partial charge < -0.3 is 14.0 Å². The second-order valence-corrected chi connectivity index (χ2v) is 15.4. The Balaban J connectivity index is 1.72. The molecule has 0 aliphatic carbocycles. The van der Waals surface area contributed by atoms with E-state index < -0.39 is 49.5 Å². The van der Waals surface area contributed by atoms with Gasteiger partial charge in [-0.25, -0.2) is 3.63 Å². The van der Waals surface area contributed by atoms with Crippen molar-refractivity contribution in [2.45, 2.75) is 47.4 Å². The zero-order chi connectivity index (χ0) is 34.7. The van der Waals surface area contributed by atoms with Crippen LogP contribution in [0.5, 0.6) is 0 Å². The van der Waals surface area contributed by atoms with Crippen molar-refractivity contribution in [2.75, 3.05) is 26.7 Å². The minimum Gasteiger partial charge on any atom is -0.346 e. The van der Waals surface area contributed by atoms with Crippen LogP contribution >= 0.6 is 10.3 Å². The average Bonchev–Trinajstić information content (AvgIpc) is 3.30. The number of hydrogen-bond acceptors (Lipinski definition) is 5. The second-order valence-electron chi connectivity index (χ2n) is 10.5. The van der Waals surface area contributed by atoms with Crippen LogP contribution in [0, 0.1) is 0 Å². The molecule has 0 fully saturated rings. The predicted octanol–water partition coefficient (Wildman–Crippen LogP) is 8.42. The highest BCUT2D eigenvalue weighted by Crippen LogP contribution is 2.59. The fraction of sp³-hybridized carbons (Fsp3) is 0.379. The molecular formula is C29H28F9NO5S2. The molecule has 0 saturated heterocycles.